The number of carboxylic acid groups (broad SMARTS) is 1. The molecule has 8 nitrogen and oxygen atoms in total. The van der Waals surface area contributed by atoms with Crippen molar-refractivity contribution in [1.29, 1.82) is 0 Å². The number of hydrogen-bond acceptors (Lipinski definition) is 6. The second-order valence-corrected chi connectivity index (χ2v) is 6.03. The van der Waals surface area contributed by atoms with Crippen LogP contribution >= 0.6 is 0 Å². The molecule has 0 saturated carbocycles. The Morgan fingerprint density at radius 1 is 1.25 bits per heavy atom. The number of aliphatic hydroxyl groups excluding tert-OH is 4. The van der Waals surface area contributed by atoms with Gasteiger partial charge in [-0.3, -0.25) is 10.1 Å². The lowest BCUT2D eigenvalue weighted by molar-refractivity contribution is -0.141. The van der Waals surface area contributed by atoms with Crippen LogP contribution in [0.3, 0.4) is 0 Å². The van der Waals surface area contributed by atoms with Crippen molar-refractivity contribution in [2.24, 2.45) is 0 Å². The quantitative estimate of drug-likeness (QED) is 0.366. The number of carboxylic acids is 1. The van der Waals surface area contributed by atoms with E-state index in [0.717, 1.165) is 16.5 Å². The highest BCUT2D eigenvalue weighted by Gasteiger charge is 2.40. The molecule has 0 saturated heterocycles. The van der Waals surface area contributed by atoms with Gasteiger partial charge in [0.1, 0.15) is 24.4 Å². The van der Waals surface area contributed by atoms with Gasteiger partial charge in [-0.15, -0.1) is 0 Å². The minimum absolute atomic E-state index is 0.233. The predicted molar refractivity (Wildman–Crippen MR) is 84.4 cm³/mol. The van der Waals surface area contributed by atoms with E-state index in [1.165, 1.54) is 0 Å². The van der Waals surface area contributed by atoms with E-state index in [0.29, 0.717) is 5.69 Å². The molecule has 1 aromatic carbocycles. The number of aliphatic carboxylic acids is 1. The predicted octanol–water partition coefficient (Wildman–Crippen LogP) is -1.12. The molecule has 1 aliphatic rings. The molecule has 0 bridgehead atoms. The van der Waals surface area contributed by atoms with Gasteiger partial charge in [-0.25, -0.2) is 0 Å². The number of H-pyrrole nitrogens is 1. The average Bonchev–Trinajstić information content (AvgIpc) is 2.97. The Morgan fingerprint density at radius 3 is 2.62 bits per heavy atom. The van der Waals surface area contributed by atoms with E-state index >= 15 is 0 Å². The molecular weight excluding hydrogens is 316 g/mol. The molecule has 3 rings (SSSR count). The largest absolute Gasteiger partial charge is 0.480 e. The third kappa shape index (κ3) is 2.79. The number of carbonyl (C=O) groups is 1. The number of para-hydroxylation sites is 1. The van der Waals surface area contributed by atoms with Crippen molar-refractivity contribution in [3.8, 4) is 0 Å². The molecule has 1 aliphatic heterocycles. The smallest absolute Gasteiger partial charge is 0.321 e. The van der Waals surface area contributed by atoms with E-state index in [9.17, 15) is 25.2 Å². The van der Waals surface area contributed by atoms with Crippen LogP contribution in [0.5, 0.6) is 0 Å². The van der Waals surface area contributed by atoms with E-state index < -0.39 is 43.0 Å². The average molecular weight is 336 g/mol. The highest BCUT2D eigenvalue weighted by Crippen LogP contribution is 2.34. The van der Waals surface area contributed by atoms with Crippen molar-refractivity contribution in [2.75, 3.05) is 6.61 Å². The molecule has 5 unspecified atom stereocenters. The zero-order chi connectivity index (χ0) is 17.4. The zero-order valence-electron chi connectivity index (χ0n) is 12.8. The molecule has 0 amide bonds. The summed E-state index contributed by atoms with van der Waals surface area (Å²) in [7, 11) is 0. The molecule has 5 atom stereocenters. The normalized spacial score (nSPS) is 24.3. The number of aliphatic hydroxyl groups is 4. The van der Waals surface area contributed by atoms with Gasteiger partial charge in [0.05, 0.1) is 12.6 Å². The molecule has 0 spiro atoms. The number of aromatic nitrogens is 1. The second kappa shape index (κ2) is 6.50. The highest BCUT2D eigenvalue weighted by atomic mass is 16.4. The molecule has 2 heterocycles. The molecule has 2 aromatic rings. The Labute approximate surface area is 137 Å². The van der Waals surface area contributed by atoms with E-state index in [-0.39, 0.29) is 6.42 Å². The first-order valence-corrected chi connectivity index (χ1v) is 7.67. The maximum absolute atomic E-state index is 11.4. The van der Waals surface area contributed by atoms with Crippen molar-refractivity contribution < 1.29 is 30.3 Å². The minimum atomic E-state index is -1.63. The number of benzene rings is 1. The van der Waals surface area contributed by atoms with E-state index in [1.54, 1.807) is 0 Å². The Balaban J connectivity index is 2.05. The fourth-order valence-corrected chi connectivity index (χ4v) is 3.23. The van der Waals surface area contributed by atoms with Crippen molar-refractivity contribution in [2.45, 2.75) is 36.8 Å². The van der Waals surface area contributed by atoms with E-state index in [1.807, 2.05) is 24.3 Å². The zero-order valence-corrected chi connectivity index (χ0v) is 12.8. The molecule has 0 fully saturated rings. The molecule has 8 heteroatoms. The van der Waals surface area contributed by atoms with Gasteiger partial charge in [0.2, 0.25) is 0 Å². The van der Waals surface area contributed by atoms with Crippen molar-refractivity contribution >= 4 is 16.9 Å². The number of nitrogens with one attached hydrogen (secondary N) is 2. The molecular formula is C16H20N2O6. The fraction of sp³-hybridized carbons (Fsp3) is 0.438. The van der Waals surface area contributed by atoms with Crippen LogP contribution in [-0.2, 0) is 11.2 Å². The molecule has 130 valence electrons. The maximum Gasteiger partial charge on any atom is 0.321 e. The summed E-state index contributed by atoms with van der Waals surface area (Å²) in [6, 6.07) is 5.52. The first-order valence-electron chi connectivity index (χ1n) is 7.67. The van der Waals surface area contributed by atoms with Crippen LogP contribution in [0.2, 0.25) is 0 Å². The first kappa shape index (κ1) is 16.9. The van der Waals surface area contributed by atoms with Gasteiger partial charge < -0.3 is 30.5 Å². The van der Waals surface area contributed by atoms with Crippen LogP contribution in [0, 0.1) is 0 Å². The van der Waals surface area contributed by atoms with Crippen molar-refractivity contribution in [3.05, 3.63) is 35.5 Å². The summed E-state index contributed by atoms with van der Waals surface area (Å²) < 4.78 is 0. The third-order valence-electron chi connectivity index (χ3n) is 4.52. The fourth-order valence-electron chi connectivity index (χ4n) is 3.23. The number of aromatic amines is 1. The van der Waals surface area contributed by atoms with Crippen LogP contribution < -0.4 is 5.32 Å². The van der Waals surface area contributed by atoms with Crippen molar-refractivity contribution in [3.63, 3.8) is 0 Å². The highest BCUT2D eigenvalue weighted by molar-refractivity contribution is 5.86. The Hall–Kier alpha value is -1.97. The summed E-state index contributed by atoms with van der Waals surface area (Å²) >= 11 is 0. The lowest BCUT2D eigenvalue weighted by atomic mass is 9.88. The Bertz CT molecular complexity index is 745. The molecule has 1 aromatic heterocycles. The topological polar surface area (TPSA) is 146 Å². The van der Waals surface area contributed by atoms with Gasteiger partial charge in [-0.05, 0) is 11.6 Å². The summed E-state index contributed by atoms with van der Waals surface area (Å²) in [5.74, 6) is -1.07. The van der Waals surface area contributed by atoms with Crippen LogP contribution in [0.25, 0.3) is 10.9 Å². The third-order valence-corrected chi connectivity index (χ3v) is 4.52. The lowest BCUT2D eigenvalue weighted by Crippen LogP contribution is -2.53. The lowest BCUT2D eigenvalue weighted by Gasteiger charge is -2.35. The first-order chi connectivity index (χ1) is 11.4. The maximum atomic E-state index is 11.4. The number of rotatable bonds is 5. The van der Waals surface area contributed by atoms with Crippen LogP contribution in [0.4, 0.5) is 0 Å². The summed E-state index contributed by atoms with van der Waals surface area (Å²) in [6.45, 7) is -0.715. The van der Waals surface area contributed by atoms with Gasteiger partial charge >= 0.3 is 5.97 Å². The SMILES string of the molecule is O=C(O)C1Cc2c([nH]c3ccccc23)C(C(O)C(O)C(O)CO)N1. The molecule has 24 heavy (non-hydrogen) atoms. The van der Waals surface area contributed by atoms with Crippen molar-refractivity contribution in [1.82, 2.24) is 10.3 Å². The number of fused-ring (bicyclic) bond motifs is 3. The second-order valence-electron chi connectivity index (χ2n) is 6.03. The van der Waals surface area contributed by atoms with E-state index in [2.05, 4.69) is 10.3 Å². The summed E-state index contributed by atoms with van der Waals surface area (Å²) in [5.41, 5.74) is 2.13. The minimum Gasteiger partial charge on any atom is -0.480 e. The Kier molecular flexibility index (Phi) is 4.57. The summed E-state index contributed by atoms with van der Waals surface area (Å²) in [4.78, 5) is 14.6. The van der Waals surface area contributed by atoms with Gasteiger partial charge in [-0.2, -0.15) is 0 Å². The molecule has 7 N–H and O–H groups in total. The van der Waals surface area contributed by atoms with Crippen LogP contribution in [0.1, 0.15) is 17.3 Å². The van der Waals surface area contributed by atoms with Crippen LogP contribution in [0.15, 0.2) is 24.3 Å². The molecule has 0 aliphatic carbocycles. The van der Waals surface area contributed by atoms with Gasteiger partial charge in [0, 0.05) is 23.0 Å². The monoisotopic (exact) mass is 336 g/mol. The Morgan fingerprint density at radius 2 is 1.96 bits per heavy atom. The van der Waals surface area contributed by atoms with Gasteiger partial charge in [0.15, 0.2) is 0 Å². The van der Waals surface area contributed by atoms with E-state index in [4.69, 9.17) is 5.11 Å². The van der Waals surface area contributed by atoms with Crippen LogP contribution in [-0.4, -0.2) is 67.4 Å². The summed E-state index contributed by atoms with van der Waals surface area (Å²) in [5, 5.41) is 52.0. The summed E-state index contributed by atoms with van der Waals surface area (Å²) in [6.07, 6.45) is -4.42. The van der Waals surface area contributed by atoms with Gasteiger partial charge in [-0.1, -0.05) is 18.2 Å². The van der Waals surface area contributed by atoms with Gasteiger partial charge in [0.25, 0.3) is 0 Å². The standard InChI is InChI=1S/C16H20N2O6/c19-6-11(20)14(21)15(22)13-12-8(5-10(18-13)16(23)24)7-3-1-2-4-9(7)17-12/h1-4,10-11,13-15,17-22H,5-6H2,(H,23,24). The number of hydrogen-bond donors (Lipinski definition) is 7. The molecule has 0 radical (unpaired) electrons.